The number of rotatable bonds is 26. The number of halogens is 10. The average Bonchev–Trinajstić information content (AvgIpc) is 3.22. The van der Waals surface area contributed by atoms with Gasteiger partial charge in [-0.1, -0.05) is 166 Å². The molecule has 0 saturated carbocycles. The smallest absolute Gasteiger partial charge is 0.418 e. The highest BCUT2D eigenvalue weighted by molar-refractivity contribution is 8.14. The third-order valence-corrected chi connectivity index (χ3v) is 15.6. The van der Waals surface area contributed by atoms with Crippen LogP contribution in [0, 0.1) is 0 Å². The predicted molar refractivity (Wildman–Crippen MR) is 239 cm³/mol. The fourth-order valence-electron chi connectivity index (χ4n) is 8.15. The van der Waals surface area contributed by atoms with Gasteiger partial charge in [0.25, 0.3) is 0 Å². The van der Waals surface area contributed by atoms with Crippen LogP contribution in [0.1, 0.15) is 165 Å². The number of hydrogen-bond acceptors (Lipinski definition) is 0. The molecule has 0 nitrogen and oxygen atoms in total. The molecule has 346 valence electrons. The fourth-order valence-corrected chi connectivity index (χ4v) is 12.6. The van der Waals surface area contributed by atoms with Crippen LogP contribution in [-0.2, 0) is 35.2 Å². The lowest BCUT2D eigenvalue weighted by molar-refractivity contribution is -0.138. The van der Waals surface area contributed by atoms with Crippen LogP contribution in [0.15, 0.2) is 117 Å². The molecule has 62 heavy (non-hydrogen) atoms. The first-order valence-corrected chi connectivity index (χ1v) is 24.6. The molecule has 0 unspecified atom stereocenters. The number of benzene rings is 4. The van der Waals surface area contributed by atoms with Crippen LogP contribution in [0.2, 0.25) is 0 Å². The van der Waals surface area contributed by atoms with Crippen LogP contribution >= 0.6 is 0 Å². The van der Waals surface area contributed by atoms with Gasteiger partial charge in [-0.05, 0) is 97.5 Å². The van der Waals surface area contributed by atoms with Crippen LogP contribution in [0.5, 0.6) is 0 Å². The molecule has 12 heteroatoms. The van der Waals surface area contributed by atoms with Crippen LogP contribution in [0.4, 0.5) is 43.6 Å². The summed E-state index contributed by atoms with van der Waals surface area (Å²) in [5.41, 5.74) is 0.493. The molecule has 0 aliphatic heterocycles. The maximum absolute atomic E-state index is 14.4. The van der Waals surface area contributed by atoms with E-state index in [-0.39, 0.29) is 0 Å². The van der Waals surface area contributed by atoms with Gasteiger partial charge in [-0.25, -0.2) is 0 Å². The highest BCUT2D eigenvalue weighted by Crippen LogP contribution is 2.52. The summed E-state index contributed by atoms with van der Waals surface area (Å²) in [5, 5.41) is 0. The summed E-state index contributed by atoms with van der Waals surface area (Å²) in [4.78, 5) is 2.32. The van der Waals surface area contributed by atoms with Crippen LogP contribution < -0.4 is 0 Å². The summed E-state index contributed by atoms with van der Waals surface area (Å²) in [6, 6.07) is 26.6. The van der Waals surface area contributed by atoms with Crippen LogP contribution in [0.25, 0.3) is 0 Å². The van der Waals surface area contributed by atoms with Crippen molar-refractivity contribution in [1.82, 2.24) is 0 Å². The average molecular weight is 901 g/mol. The fraction of sp³-hybridized carbons (Fsp3) is 0.520. The number of alkyl halides is 6. The minimum Gasteiger partial charge on any atom is -0.418 e. The van der Waals surface area contributed by atoms with Gasteiger partial charge in [0.05, 0.1) is 30.7 Å². The molecule has 0 saturated heterocycles. The molecular weight excluding hydrogens is 833 g/mol. The van der Waals surface area contributed by atoms with Crippen LogP contribution in [-0.4, -0.2) is 7.25 Å². The second-order valence-corrected chi connectivity index (χ2v) is 19.9. The maximum Gasteiger partial charge on any atom is 0.673 e. The molecule has 0 aromatic heterocycles. The lowest BCUT2D eigenvalue weighted by Gasteiger charge is -2.38. The van der Waals surface area contributed by atoms with E-state index in [1.54, 1.807) is 12.1 Å². The predicted octanol–water partition coefficient (Wildman–Crippen LogP) is 18.4. The van der Waals surface area contributed by atoms with Gasteiger partial charge in [0.15, 0.2) is 0 Å². The van der Waals surface area contributed by atoms with E-state index < -0.39 is 40.8 Å². The van der Waals surface area contributed by atoms with Crippen molar-refractivity contribution >= 4 is 17.3 Å². The summed E-state index contributed by atoms with van der Waals surface area (Å²) in [6.07, 6.45) is 16.6. The lowest BCUT2D eigenvalue weighted by atomic mass is 10.0. The largest absolute Gasteiger partial charge is 0.673 e. The summed E-state index contributed by atoms with van der Waals surface area (Å²) < 4.78 is 125. The van der Waals surface area contributed by atoms with Crippen molar-refractivity contribution in [2.45, 2.75) is 187 Å². The van der Waals surface area contributed by atoms with Gasteiger partial charge < -0.3 is 17.3 Å². The van der Waals surface area contributed by atoms with Crippen molar-refractivity contribution in [3.05, 3.63) is 119 Å². The van der Waals surface area contributed by atoms with Crippen molar-refractivity contribution in [3.63, 3.8) is 0 Å². The molecule has 0 aliphatic carbocycles. The van der Waals surface area contributed by atoms with Gasteiger partial charge in [-0.3, -0.25) is 0 Å². The van der Waals surface area contributed by atoms with E-state index in [1.807, 2.05) is 36.4 Å². The van der Waals surface area contributed by atoms with Gasteiger partial charge in [0.2, 0.25) is 0 Å². The van der Waals surface area contributed by atoms with Crippen molar-refractivity contribution < 1.29 is 43.6 Å². The molecule has 0 atom stereocenters. The molecule has 0 aliphatic rings. The van der Waals surface area contributed by atoms with E-state index in [2.05, 4.69) is 26.0 Å². The molecule has 0 bridgehead atoms. The molecule has 0 N–H and O–H groups in total. The van der Waals surface area contributed by atoms with E-state index in [0.717, 1.165) is 84.4 Å². The standard InChI is InChI=1S/C50H66F6S.BF4/c1-3-5-7-9-11-13-15-17-19-21-27-41-29-23-33-45(37-41)57(47-35-25-31-43(39-47)49(51,52)53,48-36-26-32-44(40-48)50(54,55)56)46-34-24-30-42(38-46)28-22-20-18-16-14-12-10-8-6-4-2;2-1(3,4)5/h23-26,29-40H,3-22,27-28H2,1-2H3;/q;-1/p+1. The van der Waals surface area contributed by atoms with Gasteiger partial charge in [-0.2, -0.15) is 26.3 Å². The van der Waals surface area contributed by atoms with Crippen molar-refractivity contribution in [2.24, 2.45) is 0 Å². The quantitative estimate of drug-likeness (QED) is 0.0194. The Labute approximate surface area is 366 Å². The SMILES string of the molecule is CCCCCCCCCCCCc1cccc([SH+](c2cccc(CCCCCCCCCCCC)c2)(c2cccc(C(F)(F)F)c2)c2cccc(C(F)(F)F)c2)c1.F[B-](F)(F)F. The van der Waals surface area contributed by atoms with Crippen molar-refractivity contribution in [1.29, 1.82) is 0 Å². The Bertz CT molecular complexity index is 1700. The van der Waals surface area contributed by atoms with Crippen molar-refractivity contribution in [2.75, 3.05) is 0 Å². The summed E-state index contributed by atoms with van der Waals surface area (Å²) in [5.74, 6) is 0. The Morgan fingerprint density at radius 2 is 0.629 bits per heavy atom. The molecule has 0 heterocycles. The summed E-state index contributed by atoms with van der Waals surface area (Å²) in [7, 11) is -9.28. The minimum absolute atomic E-state index is 0.392. The molecule has 4 aromatic carbocycles. The Balaban J connectivity index is 0.00000193. The molecular formula is C50H67BF10S. The maximum atomic E-state index is 14.4. The van der Waals surface area contributed by atoms with E-state index >= 15 is 0 Å². The van der Waals surface area contributed by atoms with E-state index in [4.69, 9.17) is 0 Å². The first-order chi connectivity index (χ1) is 29.5. The highest BCUT2D eigenvalue weighted by Gasteiger charge is 2.42. The molecule has 0 spiro atoms. The topological polar surface area (TPSA) is 0 Å². The molecule has 0 amide bonds. The van der Waals surface area contributed by atoms with Gasteiger partial charge >= 0.3 is 19.6 Å². The Morgan fingerprint density at radius 1 is 0.371 bits per heavy atom. The van der Waals surface area contributed by atoms with Gasteiger partial charge in [0, 0.05) is 0 Å². The van der Waals surface area contributed by atoms with Gasteiger partial charge in [-0.15, -0.1) is 10.0 Å². The first-order valence-electron chi connectivity index (χ1n) is 22.8. The lowest BCUT2D eigenvalue weighted by Crippen LogP contribution is -2.26. The minimum atomic E-state index is -6.00. The number of aryl methyl sites for hydroxylation is 2. The third kappa shape index (κ3) is 18.7. The zero-order valence-corrected chi connectivity index (χ0v) is 37.5. The second kappa shape index (κ2) is 27.0. The molecule has 4 aromatic rings. The number of thiol groups is 1. The number of unbranched alkanes of at least 4 members (excludes halogenated alkanes) is 18. The Morgan fingerprint density at radius 3 is 0.919 bits per heavy atom. The van der Waals surface area contributed by atoms with E-state index in [1.165, 1.54) is 114 Å². The normalized spacial score (nSPS) is 12.6. The molecule has 4 rings (SSSR count). The van der Waals surface area contributed by atoms with Crippen LogP contribution in [0.3, 0.4) is 0 Å². The highest BCUT2D eigenvalue weighted by atomic mass is 32.3. The molecule has 0 fully saturated rings. The zero-order chi connectivity index (χ0) is 45.5. The van der Waals surface area contributed by atoms with E-state index in [0.29, 0.717) is 9.79 Å². The number of hydrogen-bond donors (Lipinski definition) is 0. The zero-order valence-electron chi connectivity index (χ0n) is 36.6. The monoisotopic (exact) mass is 900 g/mol. The molecule has 0 radical (unpaired) electrons. The first kappa shape index (κ1) is 52.9. The Hall–Kier alpha value is -3.41. The van der Waals surface area contributed by atoms with E-state index in [9.17, 15) is 43.6 Å². The second-order valence-electron chi connectivity index (χ2n) is 16.5. The Kier molecular flexibility index (Phi) is 23.1. The van der Waals surface area contributed by atoms with Gasteiger partial charge in [0.1, 0.15) is 0 Å². The third-order valence-electron chi connectivity index (χ3n) is 11.4. The summed E-state index contributed by atoms with van der Waals surface area (Å²) in [6.45, 7) is 4.46. The summed E-state index contributed by atoms with van der Waals surface area (Å²) >= 11 is 0. The van der Waals surface area contributed by atoms with Crippen molar-refractivity contribution in [3.8, 4) is 0 Å².